The van der Waals surface area contributed by atoms with Crippen LogP contribution in [0.1, 0.15) is 5.56 Å². The van der Waals surface area contributed by atoms with Gasteiger partial charge in [-0.15, -0.1) is 12.6 Å². The van der Waals surface area contributed by atoms with Crippen LogP contribution in [0, 0.1) is 6.92 Å². The highest BCUT2D eigenvalue weighted by molar-refractivity contribution is 7.80. The molecule has 0 bridgehead atoms. The number of rotatable bonds is 0. The zero-order valence-corrected chi connectivity index (χ0v) is 7.97. The van der Waals surface area contributed by atoms with Gasteiger partial charge >= 0.3 is 5.63 Å². The monoisotopic (exact) mass is 192 g/mol. The molecule has 66 valence electrons. The quantitative estimate of drug-likeness (QED) is 0.513. The Balaban J connectivity index is 2.95. The van der Waals surface area contributed by atoms with E-state index in [0.717, 1.165) is 15.8 Å². The lowest BCUT2D eigenvalue weighted by molar-refractivity contribution is 0.559. The lowest BCUT2D eigenvalue weighted by atomic mass is 10.1. The SMILES string of the molecule is Cc1cc(=O)oc2ccc(S)cc12. The molecule has 3 heteroatoms. The van der Waals surface area contributed by atoms with Gasteiger partial charge < -0.3 is 4.42 Å². The average molecular weight is 192 g/mol. The standard InChI is InChI=1S/C10H8O2S/c1-6-4-10(11)12-9-3-2-7(13)5-8(6)9/h2-5,13H,1H3. The molecule has 2 nitrogen and oxygen atoms in total. The summed E-state index contributed by atoms with van der Waals surface area (Å²) in [5.74, 6) is 0. The molecule has 0 radical (unpaired) electrons. The second kappa shape index (κ2) is 2.92. The summed E-state index contributed by atoms with van der Waals surface area (Å²) < 4.78 is 5.01. The van der Waals surface area contributed by atoms with E-state index in [9.17, 15) is 4.79 Å². The first-order valence-electron chi connectivity index (χ1n) is 3.90. The number of thiol groups is 1. The predicted octanol–water partition coefficient (Wildman–Crippen LogP) is 2.39. The van der Waals surface area contributed by atoms with E-state index in [-0.39, 0.29) is 5.63 Å². The Kier molecular flexibility index (Phi) is 1.88. The zero-order valence-electron chi connectivity index (χ0n) is 7.07. The molecular formula is C10H8O2S. The lowest BCUT2D eigenvalue weighted by Gasteiger charge is -1.99. The van der Waals surface area contributed by atoms with Gasteiger partial charge in [0.15, 0.2) is 0 Å². The van der Waals surface area contributed by atoms with Crippen molar-refractivity contribution in [2.75, 3.05) is 0 Å². The fourth-order valence-corrected chi connectivity index (χ4v) is 1.51. The van der Waals surface area contributed by atoms with Crippen LogP contribution < -0.4 is 5.63 Å². The molecule has 0 spiro atoms. The van der Waals surface area contributed by atoms with Crippen LogP contribution in [-0.2, 0) is 0 Å². The molecule has 0 N–H and O–H groups in total. The zero-order chi connectivity index (χ0) is 9.42. The summed E-state index contributed by atoms with van der Waals surface area (Å²) in [5.41, 5.74) is 1.22. The number of fused-ring (bicyclic) bond motifs is 1. The fraction of sp³-hybridized carbons (Fsp3) is 0.100. The molecule has 13 heavy (non-hydrogen) atoms. The molecule has 1 aromatic carbocycles. The van der Waals surface area contributed by atoms with Crippen LogP contribution in [0.15, 0.2) is 38.4 Å². The van der Waals surface area contributed by atoms with E-state index >= 15 is 0 Å². The summed E-state index contributed by atoms with van der Waals surface area (Å²) in [6, 6.07) is 6.92. The largest absolute Gasteiger partial charge is 0.423 e. The minimum atomic E-state index is -0.308. The summed E-state index contributed by atoms with van der Waals surface area (Å²) in [5, 5.41) is 0.937. The van der Waals surface area contributed by atoms with Crippen molar-refractivity contribution < 1.29 is 4.42 Å². The number of hydrogen-bond acceptors (Lipinski definition) is 3. The van der Waals surface area contributed by atoms with Crippen molar-refractivity contribution in [1.29, 1.82) is 0 Å². The number of benzene rings is 1. The van der Waals surface area contributed by atoms with Crippen molar-refractivity contribution in [2.24, 2.45) is 0 Å². The minimum Gasteiger partial charge on any atom is -0.423 e. The van der Waals surface area contributed by atoms with Gasteiger partial charge in [0.2, 0.25) is 0 Å². The molecule has 0 amide bonds. The van der Waals surface area contributed by atoms with Crippen LogP contribution in [0.2, 0.25) is 0 Å². The van der Waals surface area contributed by atoms with E-state index in [1.165, 1.54) is 6.07 Å². The molecule has 0 aliphatic carbocycles. The fourth-order valence-electron chi connectivity index (χ4n) is 1.31. The Morgan fingerprint density at radius 3 is 2.85 bits per heavy atom. The third-order valence-electron chi connectivity index (χ3n) is 1.93. The van der Waals surface area contributed by atoms with E-state index in [1.807, 2.05) is 13.0 Å². The van der Waals surface area contributed by atoms with Crippen molar-refractivity contribution in [3.8, 4) is 0 Å². The van der Waals surface area contributed by atoms with Gasteiger partial charge in [0, 0.05) is 16.3 Å². The Morgan fingerprint density at radius 2 is 2.08 bits per heavy atom. The van der Waals surface area contributed by atoms with E-state index < -0.39 is 0 Å². The molecule has 2 rings (SSSR count). The summed E-state index contributed by atoms with van der Waals surface area (Å²) in [7, 11) is 0. The molecule has 0 atom stereocenters. The molecule has 2 aromatic rings. The van der Waals surface area contributed by atoms with Crippen LogP contribution in [0.3, 0.4) is 0 Å². The highest BCUT2D eigenvalue weighted by Gasteiger charge is 2.01. The first-order valence-corrected chi connectivity index (χ1v) is 4.35. The molecule has 1 aromatic heterocycles. The second-order valence-electron chi connectivity index (χ2n) is 2.93. The molecule has 0 aliphatic heterocycles. The third kappa shape index (κ3) is 1.47. The van der Waals surface area contributed by atoms with Crippen LogP contribution in [-0.4, -0.2) is 0 Å². The topological polar surface area (TPSA) is 30.2 Å². The molecular weight excluding hydrogens is 184 g/mol. The maximum Gasteiger partial charge on any atom is 0.336 e. The van der Waals surface area contributed by atoms with Crippen LogP contribution in [0.25, 0.3) is 11.0 Å². The lowest BCUT2D eigenvalue weighted by Crippen LogP contribution is -1.97. The average Bonchev–Trinajstić information content (AvgIpc) is 2.06. The first-order chi connectivity index (χ1) is 6.16. The van der Waals surface area contributed by atoms with E-state index in [0.29, 0.717) is 5.58 Å². The highest BCUT2D eigenvalue weighted by Crippen LogP contribution is 2.19. The summed E-state index contributed by atoms with van der Waals surface area (Å²) in [6.45, 7) is 1.88. The summed E-state index contributed by atoms with van der Waals surface area (Å²) in [6.07, 6.45) is 0. The molecule has 1 heterocycles. The van der Waals surface area contributed by atoms with Gasteiger partial charge in [-0.1, -0.05) is 0 Å². The first kappa shape index (κ1) is 8.38. The van der Waals surface area contributed by atoms with Gasteiger partial charge in [-0.3, -0.25) is 0 Å². The molecule has 0 unspecified atom stereocenters. The Hall–Kier alpha value is -1.22. The van der Waals surface area contributed by atoms with Crippen molar-refractivity contribution in [3.05, 3.63) is 40.2 Å². The maximum atomic E-state index is 11.0. The van der Waals surface area contributed by atoms with E-state index in [2.05, 4.69) is 12.6 Å². The molecule has 0 aliphatic rings. The van der Waals surface area contributed by atoms with Gasteiger partial charge in [-0.05, 0) is 30.7 Å². The van der Waals surface area contributed by atoms with Gasteiger partial charge in [-0.2, -0.15) is 0 Å². The van der Waals surface area contributed by atoms with E-state index in [4.69, 9.17) is 4.42 Å². The van der Waals surface area contributed by atoms with Gasteiger partial charge in [0.25, 0.3) is 0 Å². The maximum absolute atomic E-state index is 11.0. The van der Waals surface area contributed by atoms with Gasteiger partial charge in [0.05, 0.1) is 0 Å². The highest BCUT2D eigenvalue weighted by atomic mass is 32.1. The van der Waals surface area contributed by atoms with Crippen LogP contribution in [0.4, 0.5) is 0 Å². The van der Waals surface area contributed by atoms with E-state index in [1.54, 1.807) is 12.1 Å². The molecule has 0 saturated heterocycles. The minimum absolute atomic E-state index is 0.308. The predicted molar refractivity (Wildman–Crippen MR) is 54.5 cm³/mol. The Labute approximate surface area is 80.6 Å². The molecule has 0 saturated carbocycles. The van der Waals surface area contributed by atoms with Gasteiger partial charge in [0.1, 0.15) is 5.58 Å². The summed E-state index contributed by atoms with van der Waals surface area (Å²) >= 11 is 4.21. The number of aryl methyl sites for hydroxylation is 1. The smallest absolute Gasteiger partial charge is 0.336 e. The van der Waals surface area contributed by atoms with Crippen molar-refractivity contribution >= 4 is 23.6 Å². The van der Waals surface area contributed by atoms with Crippen LogP contribution in [0.5, 0.6) is 0 Å². The number of hydrogen-bond donors (Lipinski definition) is 1. The van der Waals surface area contributed by atoms with Crippen LogP contribution >= 0.6 is 12.6 Å². The Morgan fingerprint density at radius 1 is 1.31 bits per heavy atom. The van der Waals surface area contributed by atoms with Crippen molar-refractivity contribution in [1.82, 2.24) is 0 Å². The van der Waals surface area contributed by atoms with Crippen molar-refractivity contribution in [2.45, 2.75) is 11.8 Å². The third-order valence-corrected chi connectivity index (χ3v) is 2.21. The molecule has 0 fully saturated rings. The second-order valence-corrected chi connectivity index (χ2v) is 3.45. The normalized spacial score (nSPS) is 10.6. The van der Waals surface area contributed by atoms with Crippen molar-refractivity contribution in [3.63, 3.8) is 0 Å². The Bertz CT molecular complexity index is 514. The van der Waals surface area contributed by atoms with Gasteiger partial charge in [-0.25, -0.2) is 4.79 Å². The summed E-state index contributed by atoms with van der Waals surface area (Å²) in [4.78, 5) is 11.9.